The average Bonchev–Trinajstić information content (AvgIpc) is 3.00. The van der Waals surface area contributed by atoms with Crippen molar-refractivity contribution >= 4 is 35.0 Å². The average molecular weight is 439 g/mol. The van der Waals surface area contributed by atoms with E-state index < -0.39 is 23.7 Å². The number of carbonyl (C=O) groups is 3. The van der Waals surface area contributed by atoms with Crippen molar-refractivity contribution in [2.75, 3.05) is 13.7 Å². The molecular weight excluding hydrogens is 418 g/mol. The van der Waals surface area contributed by atoms with Crippen molar-refractivity contribution in [3.8, 4) is 11.5 Å². The van der Waals surface area contributed by atoms with Gasteiger partial charge < -0.3 is 14.6 Å². The van der Waals surface area contributed by atoms with Gasteiger partial charge in [0.1, 0.15) is 13.2 Å². The molecule has 160 valence electrons. The van der Waals surface area contributed by atoms with Crippen molar-refractivity contribution < 1.29 is 29.0 Å². The highest BCUT2D eigenvalue weighted by atomic mass is 32.2. The number of imide groups is 1. The van der Waals surface area contributed by atoms with Gasteiger partial charge in [-0.2, -0.15) is 0 Å². The second-order valence-electron chi connectivity index (χ2n) is 6.64. The molecule has 3 rings (SSSR count). The number of nitrogens with zero attached hydrogens (tertiary/aromatic N) is 1. The molecule has 1 fully saturated rings. The summed E-state index contributed by atoms with van der Waals surface area (Å²) in [6.07, 6.45) is 3.78. The van der Waals surface area contributed by atoms with E-state index in [4.69, 9.17) is 14.6 Å². The second kappa shape index (κ2) is 9.99. The minimum Gasteiger partial charge on any atom is -0.493 e. The van der Waals surface area contributed by atoms with E-state index in [2.05, 4.69) is 6.58 Å². The lowest BCUT2D eigenvalue weighted by atomic mass is 10.0. The Labute approximate surface area is 184 Å². The molecule has 7 nitrogen and oxygen atoms in total. The highest BCUT2D eigenvalue weighted by molar-refractivity contribution is 8.18. The van der Waals surface area contributed by atoms with Crippen molar-refractivity contribution in [3.05, 3.63) is 76.7 Å². The molecule has 2 aromatic carbocycles. The Morgan fingerprint density at radius 1 is 1.23 bits per heavy atom. The van der Waals surface area contributed by atoms with Crippen LogP contribution in [-0.4, -0.2) is 40.8 Å². The zero-order valence-corrected chi connectivity index (χ0v) is 17.7. The van der Waals surface area contributed by atoms with E-state index >= 15 is 0 Å². The first kappa shape index (κ1) is 22.2. The number of methoxy groups -OCH3 is 1. The number of ether oxygens (including phenoxy) is 2. The number of benzene rings is 2. The Morgan fingerprint density at radius 3 is 2.61 bits per heavy atom. The van der Waals surface area contributed by atoms with Gasteiger partial charge in [0, 0.05) is 5.56 Å². The van der Waals surface area contributed by atoms with Crippen molar-refractivity contribution in [2.45, 2.75) is 13.0 Å². The third kappa shape index (κ3) is 5.35. The molecule has 8 heteroatoms. The van der Waals surface area contributed by atoms with E-state index in [0.717, 1.165) is 11.1 Å². The fourth-order valence-electron chi connectivity index (χ4n) is 3.04. The summed E-state index contributed by atoms with van der Waals surface area (Å²) < 4.78 is 11.5. The largest absolute Gasteiger partial charge is 0.493 e. The molecule has 1 N–H and O–H groups in total. The van der Waals surface area contributed by atoms with Crippen molar-refractivity contribution in [1.82, 2.24) is 4.90 Å². The van der Waals surface area contributed by atoms with Crippen LogP contribution in [0.2, 0.25) is 0 Å². The Bertz CT molecular complexity index is 1050. The van der Waals surface area contributed by atoms with E-state index in [1.54, 1.807) is 18.2 Å². The number of carbonyl (C=O) groups excluding carboxylic acids is 2. The Kier molecular flexibility index (Phi) is 7.15. The number of hydrogen-bond donors (Lipinski definition) is 1. The van der Waals surface area contributed by atoms with Gasteiger partial charge in [-0.1, -0.05) is 36.4 Å². The molecule has 0 bridgehead atoms. The third-order valence-electron chi connectivity index (χ3n) is 4.43. The molecule has 0 atom stereocenters. The van der Waals surface area contributed by atoms with Gasteiger partial charge in [0.15, 0.2) is 11.5 Å². The summed E-state index contributed by atoms with van der Waals surface area (Å²) in [4.78, 5) is 36.2. The molecule has 1 heterocycles. The van der Waals surface area contributed by atoms with Gasteiger partial charge in [-0.25, -0.2) is 0 Å². The maximum absolute atomic E-state index is 12.4. The summed E-state index contributed by atoms with van der Waals surface area (Å²) >= 11 is 0.706. The van der Waals surface area contributed by atoms with Gasteiger partial charge in [0.25, 0.3) is 11.1 Å². The maximum Gasteiger partial charge on any atom is 0.323 e. The van der Waals surface area contributed by atoms with Gasteiger partial charge >= 0.3 is 5.97 Å². The lowest BCUT2D eigenvalue weighted by molar-refractivity contribution is -0.140. The lowest BCUT2D eigenvalue weighted by Crippen LogP contribution is -2.33. The molecule has 0 unspecified atom stereocenters. The summed E-state index contributed by atoms with van der Waals surface area (Å²) in [6, 6.07) is 13.2. The second-order valence-corrected chi connectivity index (χ2v) is 7.63. The summed E-state index contributed by atoms with van der Waals surface area (Å²) in [5.41, 5.74) is 2.44. The monoisotopic (exact) mass is 439 g/mol. The van der Waals surface area contributed by atoms with E-state index in [0.29, 0.717) is 46.8 Å². The molecule has 0 aliphatic carbocycles. The number of aliphatic carboxylic acids is 1. The first-order valence-electron chi connectivity index (χ1n) is 9.38. The molecule has 0 radical (unpaired) electrons. The molecule has 0 spiro atoms. The van der Waals surface area contributed by atoms with Crippen molar-refractivity contribution in [1.29, 1.82) is 0 Å². The first-order chi connectivity index (χ1) is 14.9. The predicted octanol–water partition coefficient (Wildman–Crippen LogP) is 4.12. The van der Waals surface area contributed by atoms with Gasteiger partial charge in [-0.05, 0) is 47.5 Å². The van der Waals surface area contributed by atoms with Crippen LogP contribution in [-0.2, 0) is 22.6 Å². The third-order valence-corrected chi connectivity index (χ3v) is 5.34. The molecular formula is C23H21NO6S. The first-order valence-corrected chi connectivity index (χ1v) is 10.2. The number of thioether (sulfide) groups is 1. The minimum atomic E-state index is -1.25. The summed E-state index contributed by atoms with van der Waals surface area (Å²) in [6.45, 7) is 3.47. The SMILES string of the molecule is C=CCc1cc(/C=C2/SC(=O)N(CC(=O)O)C2=O)cc(OC)c1OCc1ccccc1. The molecule has 0 saturated carbocycles. The molecule has 1 saturated heterocycles. The minimum absolute atomic E-state index is 0.149. The lowest BCUT2D eigenvalue weighted by Gasteiger charge is -2.16. The maximum atomic E-state index is 12.4. The zero-order valence-electron chi connectivity index (χ0n) is 16.9. The van der Waals surface area contributed by atoms with Crippen LogP contribution in [0.4, 0.5) is 4.79 Å². The van der Waals surface area contributed by atoms with Crippen LogP contribution in [0.1, 0.15) is 16.7 Å². The Hall–Kier alpha value is -3.52. The van der Waals surface area contributed by atoms with Crippen LogP contribution >= 0.6 is 11.8 Å². The number of allylic oxidation sites excluding steroid dienone is 1. The van der Waals surface area contributed by atoms with Crippen molar-refractivity contribution in [2.24, 2.45) is 0 Å². The quantitative estimate of drug-likeness (QED) is 0.464. The molecule has 0 aromatic heterocycles. The van der Waals surface area contributed by atoms with Crippen LogP contribution in [0, 0.1) is 0 Å². The van der Waals surface area contributed by atoms with E-state index in [-0.39, 0.29) is 4.91 Å². The molecule has 1 aliphatic rings. The zero-order chi connectivity index (χ0) is 22.4. The fourth-order valence-corrected chi connectivity index (χ4v) is 3.88. The fraction of sp³-hybridized carbons (Fsp3) is 0.174. The van der Waals surface area contributed by atoms with Crippen molar-refractivity contribution in [3.63, 3.8) is 0 Å². The Balaban J connectivity index is 1.91. The van der Waals surface area contributed by atoms with Crippen LogP contribution in [0.3, 0.4) is 0 Å². The van der Waals surface area contributed by atoms with Crippen LogP contribution in [0.5, 0.6) is 11.5 Å². The van der Waals surface area contributed by atoms with Gasteiger partial charge in [0.2, 0.25) is 0 Å². The van der Waals surface area contributed by atoms with Crippen LogP contribution in [0.25, 0.3) is 6.08 Å². The molecule has 2 amide bonds. The molecule has 2 aromatic rings. The number of hydrogen-bond acceptors (Lipinski definition) is 6. The van der Waals surface area contributed by atoms with Gasteiger partial charge in [-0.3, -0.25) is 19.3 Å². The van der Waals surface area contributed by atoms with Crippen LogP contribution < -0.4 is 9.47 Å². The highest BCUT2D eigenvalue weighted by Gasteiger charge is 2.36. The summed E-state index contributed by atoms with van der Waals surface area (Å²) in [7, 11) is 1.52. The van der Waals surface area contributed by atoms with E-state index in [1.807, 2.05) is 36.4 Å². The smallest absolute Gasteiger partial charge is 0.323 e. The van der Waals surface area contributed by atoms with E-state index in [1.165, 1.54) is 7.11 Å². The number of carboxylic acid groups (broad SMARTS) is 1. The summed E-state index contributed by atoms with van der Waals surface area (Å²) in [5.74, 6) is -0.835. The molecule has 31 heavy (non-hydrogen) atoms. The van der Waals surface area contributed by atoms with Crippen LogP contribution in [0.15, 0.2) is 60.0 Å². The highest BCUT2D eigenvalue weighted by Crippen LogP contribution is 2.37. The number of carboxylic acids is 1. The van der Waals surface area contributed by atoms with Gasteiger partial charge in [0.05, 0.1) is 12.0 Å². The normalized spacial score (nSPS) is 14.7. The number of rotatable bonds is 9. The number of amides is 2. The predicted molar refractivity (Wildman–Crippen MR) is 118 cm³/mol. The summed E-state index contributed by atoms with van der Waals surface area (Å²) in [5, 5.41) is 8.29. The van der Waals surface area contributed by atoms with E-state index in [9.17, 15) is 14.4 Å². The molecule has 1 aliphatic heterocycles. The standard InChI is InChI=1S/C23H21NO6S/c1-3-7-17-10-16(12-19-22(27)24(13-20(25)26)23(28)31-19)11-18(29-2)21(17)30-14-15-8-5-4-6-9-15/h3-6,8-12H,1,7,13-14H2,2H3,(H,25,26)/b19-12+. The Morgan fingerprint density at radius 2 is 1.97 bits per heavy atom. The topological polar surface area (TPSA) is 93.1 Å². The van der Waals surface area contributed by atoms with Gasteiger partial charge in [-0.15, -0.1) is 6.58 Å².